The van der Waals surface area contributed by atoms with Crippen molar-refractivity contribution in [1.82, 2.24) is 9.55 Å². The summed E-state index contributed by atoms with van der Waals surface area (Å²) in [6.07, 6.45) is 3.85. The van der Waals surface area contributed by atoms with Crippen molar-refractivity contribution in [1.29, 1.82) is 0 Å². The van der Waals surface area contributed by atoms with Gasteiger partial charge in [-0.05, 0) is 79.9 Å². The summed E-state index contributed by atoms with van der Waals surface area (Å²) in [5.74, 6) is 0. The van der Waals surface area contributed by atoms with Crippen LogP contribution in [0.15, 0.2) is 134 Å². The molecule has 1 aliphatic rings. The zero-order chi connectivity index (χ0) is 25.5. The van der Waals surface area contributed by atoms with Gasteiger partial charge in [0, 0.05) is 34.2 Å². The first-order valence-corrected chi connectivity index (χ1v) is 13.4. The minimum Gasteiger partial charge on any atom is -0.309 e. The highest BCUT2D eigenvalue weighted by molar-refractivity contribution is 6.21. The van der Waals surface area contributed by atoms with Gasteiger partial charge >= 0.3 is 0 Å². The summed E-state index contributed by atoms with van der Waals surface area (Å²) in [5, 5.41) is 7.60. The SMILES string of the molecule is c1cc(-c2ccc3c4c(cccc24)-c2ccccc2-3)cc(-n2c3ccccc3c3c4ccncc4ccc32)c1. The first kappa shape index (κ1) is 20.8. The minimum atomic E-state index is 1.16. The molecular formula is C37H22N2. The van der Waals surface area contributed by atoms with E-state index in [1.54, 1.807) is 0 Å². The number of rotatable bonds is 2. The van der Waals surface area contributed by atoms with E-state index in [0.29, 0.717) is 0 Å². The average molecular weight is 495 g/mol. The van der Waals surface area contributed by atoms with Crippen molar-refractivity contribution in [3.05, 3.63) is 134 Å². The van der Waals surface area contributed by atoms with Crippen LogP contribution in [0.4, 0.5) is 0 Å². The van der Waals surface area contributed by atoms with Crippen LogP contribution in [0.2, 0.25) is 0 Å². The molecule has 0 fully saturated rings. The number of fused-ring (bicyclic) bond motifs is 8. The van der Waals surface area contributed by atoms with Gasteiger partial charge in [-0.1, -0.05) is 91.0 Å². The van der Waals surface area contributed by atoms with Crippen molar-refractivity contribution < 1.29 is 0 Å². The smallest absolute Gasteiger partial charge is 0.0547 e. The summed E-state index contributed by atoms with van der Waals surface area (Å²) >= 11 is 0. The van der Waals surface area contributed by atoms with E-state index in [-0.39, 0.29) is 0 Å². The first-order chi connectivity index (χ1) is 19.4. The summed E-state index contributed by atoms with van der Waals surface area (Å²) < 4.78 is 2.41. The van der Waals surface area contributed by atoms with Crippen LogP contribution in [-0.4, -0.2) is 9.55 Å². The van der Waals surface area contributed by atoms with Crippen LogP contribution in [0.5, 0.6) is 0 Å². The predicted octanol–water partition coefficient (Wildman–Crippen LogP) is 9.80. The number of nitrogens with zero attached hydrogens (tertiary/aromatic N) is 2. The summed E-state index contributed by atoms with van der Waals surface area (Å²) in [6.45, 7) is 0. The third-order valence-electron chi connectivity index (χ3n) is 8.42. The molecule has 9 rings (SSSR count). The predicted molar refractivity (Wildman–Crippen MR) is 163 cm³/mol. The van der Waals surface area contributed by atoms with Crippen molar-refractivity contribution in [3.8, 4) is 39.1 Å². The Morgan fingerprint density at radius 3 is 2.13 bits per heavy atom. The Labute approximate surface area is 225 Å². The van der Waals surface area contributed by atoms with Gasteiger partial charge in [-0.3, -0.25) is 4.98 Å². The van der Waals surface area contributed by atoms with E-state index in [9.17, 15) is 0 Å². The molecule has 0 radical (unpaired) electrons. The van der Waals surface area contributed by atoms with Gasteiger partial charge < -0.3 is 4.57 Å². The third-order valence-corrected chi connectivity index (χ3v) is 8.42. The maximum absolute atomic E-state index is 4.36. The van der Waals surface area contributed by atoms with Crippen molar-refractivity contribution in [2.24, 2.45) is 0 Å². The summed E-state index contributed by atoms with van der Waals surface area (Å²) in [4.78, 5) is 4.36. The average Bonchev–Trinajstić information content (AvgIpc) is 3.52. The lowest BCUT2D eigenvalue weighted by atomic mass is 9.94. The largest absolute Gasteiger partial charge is 0.309 e. The molecule has 0 N–H and O–H groups in total. The van der Waals surface area contributed by atoms with Crippen molar-refractivity contribution in [2.45, 2.75) is 0 Å². The topological polar surface area (TPSA) is 17.8 Å². The standard InChI is InChI=1S/C37H22N2/c1-2-10-29-28(9-1)31-13-6-12-30-26(16-17-32(29)36(30)31)23-7-5-8-25(21-23)39-34-14-4-3-11-33(34)37-27-19-20-38-22-24(27)15-18-35(37)39/h1-22H. The number of para-hydroxylation sites is 1. The van der Waals surface area contributed by atoms with Crippen LogP contribution in [0.25, 0.3) is 82.4 Å². The number of hydrogen-bond acceptors (Lipinski definition) is 1. The molecule has 0 spiro atoms. The molecule has 1 aliphatic carbocycles. The van der Waals surface area contributed by atoms with Crippen LogP contribution < -0.4 is 0 Å². The Morgan fingerprint density at radius 2 is 1.21 bits per heavy atom. The van der Waals surface area contributed by atoms with Gasteiger partial charge in [0.2, 0.25) is 0 Å². The molecule has 2 heteroatoms. The van der Waals surface area contributed by atoms with Gasteiger partial charge in [-0.25, -0.2) is 0 Å². The van der Waals surface area contributed by atoms with Gasteiger partial charge in [0.1, 0.15) is 0 Å². The van der Waals surface area contributed by atoms with Gasteiger partial charge in [0.25, 0.3) is 0 Å². The molecule has 0 bridgehead atoms. The van der Waals surface area contributed by atoms with E-state index < -0.39 is 0 Å². The summed E-state index contributed by atoms with van der Waals surface area (Å²) in [5.41, 5.74) is 11.4. The van der Waals surface area contributed by atoms with E-state index in [4.69, 9.17) is 0 Å². The normalized spacial score (nSPS) is 12.1. The molecule has 0 unspecified atom stereocenters. The lowest BCUT2D eigenvalue weighted by Crippen LogP contribution is -1.94. The molecule has 0 saturated carbocycles. The molecule has 6 aromatic carbocycles. The monoisotopic (exact) mass is 494 g/mol. The van der Waals surface area contributed by atoms with E-state index in [1.165, 1.54) is 77.0 Å². The van der Waals surface area contributed by atoms with E-state index in [0.717, 1.165) is 5.39 Å². The van der Waals surface area contributed by atoms with Crippen LogP contribution in [0, 0.1) is 0 Å². The fourth-order valence-electron chi connectivity index (χ4n) is 6.79. The van der Waals surface area contributed by atoms with E-state index in [1.807, 2.05) is 12.4 Å². The second-order valence-corrected chi connectivity index (χ2v) is 10.4. The molecule has 180 valence electrons. The lowest BCUT2D eigenvalue weighted by Gasteiger charge is -2.13. The van der Waals surface area contributed by atoms with Gasteiger partial charge in [-0.2, -0.15) is 0 Å². The number of hydrogen-bond donors (Lipinski definition) is 0. The number of aromatic nitrogens is 2. The quantitative estimate of drug-likeness (QED) is 0.234. The Balaban J connectivity index is 1.31. The molecule has 39 heavy (non-hydrogen) atoms. The van der Waals surface area contributed by atoms with E-state index >= 15 is 0 Å². The molecule has 2 nitrogen and oxygen atoms in total. The molecule has 8 aromatic rings. The number of benzene rings is 6. The first-order valence-electron chi connectivity index (χ1n) is 13.4. The molecule has 0 aliphatic heterocycles. The summed E-state index contributed by atoms with van der Waals surface area (Å²) in [6, 6.07) is 44.4. The fourth-order valence-corrected chi connectivity index (χ4v) is 6.79. The Kier molecular flexibility index (Phi) is 4.08. The lowest BCUT2D eigenvalue weighted by molar-refractivity contribution is 1.18. The second-order valence-electron chi connectivity index (χ2n) is 10.4. The minimum absolute atomic E-state index is 1.16. The third kappa shape index (κ3) is 2.78. The molecule has 0 atom stereocenters. The van der Waals surface area contributed by atoms with Crippen LogP contribution in [-0.2, 0) is 0 Å². The maximum atomic E-state index is 4.36. The van der Waals surface area contributed by atoms with Gasteiger partial charge in [-0.15, -0.1) is 0 Å². The Hall–Kier alpha value is -5.21. The van der Waals surface area contributed by atoms with Crippen LogP contribution in [0.1, 0.15) is 0 Å². The second kappa shape index (κ2) is 7.66. The molecular weight excluding hydrogens is 472 g/mol. The Morgan fingerprint density at radius 1 is 0.462 bits per heavy atom. The highest BCUT2D eigenvalue weighted by Gasteiger charge is 2.22. The fraction of sp³-hybridized carbons (Fsp3) is 0. The van der Waals surface area contributed by atoms with Crippen LogP contribution in [0.3, 0.4) is 0 Å². The maximum Gasteiger partial charge on any atom is 0.0547 e. The zero-order valence-corrected chi connectivity index (χ0v) is 21.1. The van der Waals surface area contributed by atoms with Crippen molar-refractivity contribution in [2.75, 3.05) is 0 Å². The number of pyridine rings is 1. The highest BCUT2D eigenvalue weighted by atomic mass is 15.0. The molecule has 0 saturated heterocycles. The molecule has 2 heterocycles. The molecule has 2 aromatic heterocycles. The highest BCUT2D eigenvalue weighted by Crippen LogP contribution is 2.49. The van der Waals surface area contributed by atoms with Crippen LogP contribution >= 0.6 is 0 Å². The molecule has 0 amide bonds. The van der Waals surface area contributed by atoms with Crippen molar-refractivity contribution in [3.63, 3.8) is 0 Å². The van der Waals surface area contributed by atoms with Gasteiger partial charge in [0.05, 0.1) is 11.0 Å². The zero-order valence-electron chi connectivity index (χ0n) is 21.1. The van der Waals surface area contributed by atoms with Crippen molar-refractivity contribution >= 4 is 43.4 Å². The summed E-state index contributed by atoms with van der Waals surface area (Å²) in [7, 11) is 0. The Bertz CT molecular complexity index is 2260. The van der Waals surface area contributed by atoms with E-state index in [2.05, 4.69) is 131 Å². The van der Waals surface area contributed by atoms with Gasteiger partial charge in [0.15, 0.2) is 0 Å².